The first kappa shape index (κ1) is 64.7. The Balaban J connectivity index is 3.96. The number of carbonyl (C=O) groups excluding carboxylic acids is 1. The summed E-state index contributed by atoms with van der Waals surface area (Å²) in [6.45, 7) is 4.64. The Labute approximate surface area is 414 Å². The van der Waals surface area contributed by atoms with Gasteiger partial charge in [0.1, 0.15) is 13.2 Å². The van der Waals surface area contributed by atoms with E-state index in [-0.39, 0.29) is 19.1 Å². The molecule has 0 bridgehead atoms. The normalized spacial score (nSPS) is 14.7. The number of quaternary nitrogens is 1. The molecule has 3 unspecified atom stereocenters. The Hall–Kier alpha value is -2.32. The number of aliphatic hydroxyl groups is 1. The van der Waals surface area contributed by atoms with Gasteiger partial charge in [0.25, 0.3) is 0 Å². The number of phosphoric ester groups is 1. The van der Waals surface area contributed by atoms with Gasteiger partial charge in [-0.15, -0.1) is 0 Å². The van der Waals surface area contributed by atoms with E-state index in [0.717, 1.165) is 70.6 Å². The summed E-state index contributed by atoms with van der Waals surface area (Å²) >= 11 is 0. The molecule has 67 heavy (non-hydrogen) atoms. The molecule has 0 aliphatic carbocycles. The highest BCUT2D eigenvalue weighted by molar-refractivity contribution is 7.47. The van der Waals surface area contributed by atoms with E-state index in [1.807, 2.05) is 27.2 Å². The maximum absolute atomic E-state index is 12.9. The molecule has 3 N–H and O–H groups in total. The molecule has 1 amide bonds. The molecule has 0 aliphatic heterocycles. The molecule has 0 saturated heterocycles. The minimum Gasteiger partial charge on any atom is -0.387 e. The van der Waals surface area contributed by atoms with Crippen molar-refractivity contribution >= 4 is 13.7 Å². The van der Waals surface area contributed by atoms with Crippen LogP contribution in [0.15, 0.2) is 85.1 Å². The van der Waals surface area contributed by atoms with Gasteiger partial charge in [0.15, 0.2) is 0 Å². The summed E-state index contributed by atoms with van der Waals surface area (Å²) in [5, 5.41) is 13.8. The van der Waals surface area contributed by atoms with Crippen molar-refractivity contribution in [3.05, 3.63) is 85.1 Å². The fourth-order valence-corrected chi connectivity index (χ4v) is 8.29. The number of hydrogen-bond acceptors (Lipinski definition) is 5. The maximum Gasteiger partial charge on any atom is 0.472 e. The molecule has 0 fully saturated rings. The molecule has 8 nitrogen and oxygen atoms in total. The van der Waals surface area contributed by atoms with Crippen LogP contribution in [0.2, 0.25) is 0 Å². The first-order valence-electron chi connectivity index (χ1n) is 27.5. The third-order valence-electron chi connectivity index (χ3n) is 11.8. The summed E-state index contributed by atoms with van der Waals surface area (Å²) in [6, 6.07) is -0.863. The van der Waals surface area contributed by atoms with E-state index in [4.69, 9.17) is 9.05 Å². The van der Waals surface area contributed by atoms with Crippen LogP contribution >= 0.6 is 7.82 Å². The Kier molecular flexibility index (Phi) is 47.0. The van der Waals surface area contributed by atoms with E-state index < -0.39 is 20.0 Å². The van der Waals surface area contributed by atoms with Gasteiger partial charge in [-0.2, -0.15) is 0 Å². The molecule has 0 rings (SSSR count). The fraction of sp³-hybridized carbons (Fsp3) is 0.741. The summed E-state index contributed by atoms with van der Waals surface area (Å²) in [5.74, 6) is -0.190. The summed E-state index contributed by atoms with van der Waals surface area (Å²) in [5.41, 5.74) is 0. The Bertz CT molecular complexity index is 1360. The van der Waals surface area contributed by atoms with Gasteiger partial charge >= 0.3 is 7.82 Å². The fourth-order valence-electron chi connectivity index (χ4n) is 7.55. The number of nitrogens with one attached hydrogen (secondary N) is 1. The number of likely N-dealkylation sites (N-methyl/N-ethyl adjacent to an activating group) is 1. The van der Waals surface area contributed by atoms with Gasteiger partial charge in [-0.3, -0.25) is 13.8 Å². The number of nitrogens with zero attached hydrogens (tertiary/aromatic N) is 1. The van der Waals surface area contributed by atoms with Crippen molar-refractivity contribution in [2.75, 3.05) is 40.9 Å². The van der Waals surface area contributed by atoms with Crippen LogP contribution in [0.5, 0.6) is 0 Å². The van der Waals surface area contributed by atoms with Crippen molar-refractivity contribution in [3.8, 4) is 0 Å². The standard InChI is InChI=1S/C58H105N2O6P/c1-6-8-10-12-14-16-18-19-20-21-22-23-24-25-26-27-28-29-30-31-32-33-34-35-36-37-38-39-40-41-42-44-46-48-50-52-58(62)59-56(55-66-67(63,64)65-54-53-60(3,4)5)57(61)51-49-47-45-43-17-15-13-11-9-7-2/h8,10,14,16-17,19-20,22-23,25-26,43,49,51,56-57,61H,6-7,9,11-13,15,18,21,24,27-42,44-48,50,52-55H2,1-5H3,(H-,59,62,63,64)/p+1/b10-8-,16-14-,20-19-,23-22-,26-25-,43-17+,51-49+. The molecule has 0 spiro atoms. The Morgan fingerprint density at radius 2 is 0.910 bits per heavy atom. The van der Waals surface area contributed by atoms with Gasteiger partial charge in [0.2, 0.25) is 5.91 Å². The molecule has 0 aromatic rings. The Morgan fingerprint density at radius 1 is 0.522 bits per heavy atom. The van der Waals surface area contributed by atoms with E-state index in [9.17, 15) is 19.4 Å². The van der Waals surface area contributed by atoms with Crippen LogP contribution in [0.25, 0.3) is 0 Å². The molecular formula is C58H106N2O6P+. The first-order valence-corrected chi connectivity index (χ1v) is 29.0. The molecule has 3 atom stereocenters. The highest BCUT2D eigenvalue weighted by atomic mass is 31.2. The predicted octanol–water partition coefficient (Wildman–Crippen LogP) is 16.5. The lowest BCUT2D eigenvalue weighted by Gasteiger charge is -2.25. The van der Waals surface area contributed by atoms with Crippen molar-refractivity contribution in [2.24, 2.45) is 0 Å². The van der Waals surface area contributed by atoms with Crippen LogP contribution in [0.1, 0.15) is 226 Å². The van der Waals surface area contributed by atoms with Crippen LogP contribution in [0.3, 0.4) is 0 Å². The number of phosphoric acid groups is 1. The molecule has 0 aromatic carbocycles. The van der Waals surface area contributed by atoms with E-state index in [1.54, 1.807) is 6.08 Å². The zero-order valence-corrected chi connectivity index (χ0v) is 45.0. The second-order valence-corrected chi connectivity index (χ2v) is 21.0. The lowest BCUT2D eigenvalue weighted by molar-refractivity contribution is -0.870. The van der Waals surface area contributed by atoms with Crippen LogP contribution in [0.4, 0.5) is 0 Å². The van der Waals surface area contributed by atoms with E-state index in [2.05, 4.69) is 92.1 Å². The summed E-state index contributed by atoms with van der Waals surface area (Å²) in [4.78, 5) is 23.2. The van der Waals surface area contributed by atoms with Crippen LogP contribution in [0, 0.1) is 0 Å². The van der Waals surface area contributed by atoms with Gasteiger partial charge in [-0.1, -0.05) is 227 Å². The highest BCUT2D eigenvalue weighted by Gasteiger charge is 2.27. The van der Waals surface area contributed by atoms with Gasteiger partial charge in [0.05, 0.1) is 39.9 Å². The molecule has 0 saturated carbocycles. The summed E-state index contributed by atoms with van der Waals surface area (Å²) in [7, 11) is 1.55. The second kappa shape index (κ2) is 48.7. The van der Waals surface area contributed by atoms with Crippen molar-refractivity contribution in [3.63, 3.8) is 0 Å². The summed E-state index contributed by atoms with van der Waals surface area (Å²) < 4.78 is 23.6. The van der Waals surface area contributed by atoms with Gasteiger partial charge in [0, 0.05) is 6.42 Å². The number of unbranched alkanes of at least 4 members (excludes halogenated alkanes) is 24. The molecular weight excluding hydrogens is 852 g/mol. The number of carbonyl (C=O) groups is 1. The molecule has 9 heteroatoms. The summed E-state index contributed by atoms with van der Waals surface area (Å²) in [6.07, 6.45) is 68.5. The van der Waals surface area contributed by atoms with Gasteiger partial charge < -0.3 is 19.8 Å². The van der Waals surface area contributed by atoms with Crippen molar-refractivity contribution in [1.82, 2.24) is 5.32 Å². The van der Waals surface area contributed by atoms with E-state index in [0.29, 0.717) is 17.4 Å². The Morgan fingerprint density at radius 3 is 1.37 bits per heavy atom. The average Bonchev–Trinajstić information content (AvgIpc) is 3.29. The minimum absolute atomic E-state index is 0.0543. The third kappa shape index (κ3) is 51.4. The molecule has 0 radical (unpaired) electrons. The van der Waals surface area contributed by atoms with Crippen molar-refractivity contribution in [1.29, 1.82) is 0 Å². The van der Waals surface area contributed by atoms with Crippen LogP contribution in [-0.2, 0) is 18.4 Å². The largest absolute Gasteiger partial charge is 0.472 e. The lowest BCUT2D eigenvalue weighted by atomic mass is 10.0. The second-order valence-electron chi connectivity index (χ2n) is 19.6. The molecule has 0 aromatic heterocycles. The van der Waals surface area contributed by atoms with Crippen molar-refractivity contribution < 1.29 is 32.9 Å². The van der Waals surface area contributed by atoms with Gasteiger partial charge in [-0.05, 0) is 77.0 Å². The topological polar surface area (TPSA) is 105 Å². The van der Waals surface area contributed by atoms with Crippen LogP contribution < -0.4 is 5.32 Å². The van der Waals surface area contributed by atoms with Gasteiger partial charge in [-0.25, -0.2) is 4.57 Å². The number of amides is 1. The zero-order valence-electron chi connectivity index (χ0n) is 44.1. The smallest absolute Gasteiger partial charge is 0.387 e. The third-order valence-corrected chi connectivity index (χ3v) is 12.8. The predicted molar refractivity (Wildman–Crippen MR) is 290 cm³/mol. The van der Waals surface area contributed by atoms with E-state index in [1.165, 1.54) is 135 Å². The lowest BCUT2D eigenvalue weighted by Crippen LogP contribution is -2.45. The number of aliphatic hydroxyl groups excluding tert-OH is 1. The highest BCUT2D eigenvalue weighted by Crippen LogP contribution is 2.43. The average molecular weight is 958 g/mol. The molecule has 388 valence electrons. The monoisotopic (exact) mass is 958 g/mol. The molecule has 0 aliphatic rings. The number of hydrogen-bond donors (Lipinski definition) is 3. The van der Waals surface area contributed by atoms with Crippen molar-refractivity contribution in [2.45, 2.75) is 238 Å². The van der Waals surface area contributed by atoms with Crippen LogP contribution in [-0.4, -0.2) is 73.4 Å². The first-order chi connectivity index (χ1) is 32.5. The quantitative estimate of drug-likeness (QED) is 0.0243. The maximum atomic E-state index is 12.9. The zero-order chi connectivity index (χ0) is 49.2. The number of allylic oxidation sites excluding steroid dienone is 13. The SMILES string of the molecule is CC/C=C\C/C=C\C/C=C\C/C=C\C/C=C\CCCCCCCCCCCCCCCCCCCCCC(=O)NC(COP(=O)(O)OCC[N+](C)(C)C)C(O)/C=C/CC/C=C/CCCCCC. The molecule has 0 heterocycles. The minimum atomic E-state index is -4.35. The number of rotatable bonds is 49. The van der Waals surface area contributed by atoms with E-state index >= 15 is 0 Å².